The number of nitrogens with zero attached hydrogens (tertiary/aromatic N) is 2. The van der Waals surface area contributed by atoms with Crippen LogP contribution in [0.15, 0.2) is 23.2 Å². The minimum atomic E-state index is -3.35. The van der Waals surface area contributed by atoms with E-state index in [9.17, 15) is 16.8 Å². The van der Waals surface area contributed by atoms with Gasteiger partial charge in [0.2, 0.25) is 10.0 Å². The quantitative estimate of drug-likeness (QED) is 0.698. The Hall–Kier alpha value is -1.19. The van der Waals surface area contributed by atoms with E-state index in [1.165, 1.54) is 22.8 Å². The molecule has 0 aliphatic carbocycles. The fraction of sp³-hybridized carbons (Fsp3) is 0.583. The van der Waals surface area contributed by atoms with E-state index in [0.29, 0.717) is 31.9 Å². The van der Waals surface area contributed by atoms with Gasteiger partial charge in [-0.25, -0.2) is 26.1 Å². The molecule has 0 amide bonds. The van der Waals surface area contributed by atoms with Gasteiger partial charge in [0, 0.05) is 32.1 Å². The maximum Gasteiger partial charge on any atom is 0.211 e. The summed E-state index contributed by atoms with van der Waals surface area (Å²) in [6.07, 6.45) is 4.36. The summed E-state index contributed by atoms with van der Waals surface area (Å²) in [4.78, 5) is 4.15. The first kappa shape index (κ1) is 17.9. The van der Waals surface area contributed by atoms with E-state index < -0.39 is 19.9 Å². The molecule has 1 aromatic rings. The van der Waals surface area contributed by atoms with E-state index in [2.05, 4.69) is 10.3 Å². The summed E-state index contributed by atoms with van der Waals surface area (Å²) in [6, 6.07) is 3.05. The summed E-state index contributed by atoms with van der Waals surface area (Å²) in [6.45, 7) is 3.00. The molecule has 0 saturated heterocycles. The van der Waals surface area contributed by atoms with Crippen LogP contribution < -0.4 is 5.32 Å². The average molecular weight is 335 g/mol. The van der Waals surface area contributed by atoms with Gasteiger partial charge in [0.15, 0.2) is 9.84 Å². The zero-order valence-corrected chi connectivity index (χ0v) is 14.0. The van der Waals surface area contributed by atoms with E-state index in [0.717, 1.165) is 6.26 Å². The second-order valence-corrected chi connectivity index (χ2v) is 8.62. The predicted molar refractivity (Wildman–Crippen MR) is 82.5 cm³/mol. The lowest BCUT2D eigenvalue weighted by molar-refractivity contribution is 0.428. The van der Waals surface area contributed by atoms with Crippen LogP contribution in [-0.4, -0.2) is 58.3 Å². The number of pyridine rings is 1. The van der Waals surface area contributed by atoms with E-state index in [1.54, 1.807) is 13.0 Å². The molecule has 120 valence electrons. The molecule has 0 radical (unpaired) electrons. The predicted octanol–water partition coefficient (Wildman–Crippen LogP) is 0.569. The lowest BCUT2D eigenvalue weighted by Gasteiger charge is -2.18. The molecule has 7 nitrogen and oxygen atoms in total. The van der Waals surface area contributed by atoms with Gasteiger partial charge in [0.25, 0.3) is 0 Å². The Balaban J connectivity index is 2.62. The molecule has 0 saturated carbocycles. The van der Waals surface area contributed by atoms with Crippen LogP contribution in [0, 0.1) is 0 Å². The Labute approximate surface area is 126 Å². The number of hydrogen-bond acceptors (Lipinski definition) is 6. The molecule has 0 unspecified atom stereocenters. The van der Waals surface area contributed by atoms with Crippen molar-refractivity contribution >= 4 is 25.7 Å². The first-order valence-corrected chi connectivity index (χ1v) is 10.2. The van der Waals surface area contributed by atoms with Gasteiger partial charge in [-0.2, -0.15) is 0 Å². The fourth-order valence-electron chi connectivity index (χ4n) is 1.84. The van der Waals surface area contributed by atoms with Crippen molar-refractivity contribution in [3.8, 4) is 0 Å². The van der Waals surface area contributed by atoms with Gasteiger partial charge in [0.05, 0.1) is 6.26 Å². The van der Waals surface area contributed by atoms with Crippen LogP contribution in [-0.2, 0) is 19.9 Å². The number of hydrogen-bond donors (Lipinski definition) is 1. The fourth-order valence-corrected chi connectivity index (χ4v) is 3.57. The highest BCUT2D eigenvalue weighted by Gasteiger charge is 2.15. The molecule has 0 atom stereocenters. The molecule has 1 aromatic heterocycles. The van der Waals surface area contributed by atoms with Crippen LogP contribution >= 0.6 is 0 Å². The number of anilines is 1. The Morgan fingerprint density at radius 3 is 2.43 bits per heavy atom. The number of sulfonamides is 1. The Morgan fingerprint density at radius 1 is 1.24 bits per heavy atom. The van der Waals surface area contributed by atoms with Crippen LogP contribution in [0.25, 0.3) is 0 Å². The molecule has 0 aliphatic heterocycles. The van der Waals surface area contributed by atoms with Gasteiger partial charge in [-0.1, -0.05) is 6.92 Å². The summed E-state index contributed by atoms with van der Waals surface area (Å²) < 4.78 is 47.4. The molecule has 1 rings (SSSR count). The Bertz CT molecular complexity index is 671. The van der Waals surface area contributed by atoms with Crippen molar-refractivity contribution in [3.05, 3.63) is 18.3 Å². The summed E-state index contributed by atoms with van der Waals surface area (Å²) in [5.41, 5.74) is 0. The maximum absolute atomic E-state index is 11.6. The first-order chi connectivity index (χ1) is 9.66. The van der Waals surface area contributed by atoms with Crippen molar-refractivity contribution in [2.24, 2.45) is 0 Å². The Kier molecular flexibility index (Phi) is 6.11. The van der Waals surface area contributed by atoms with Crippen molar-refractivity contribution < 1.29 is 16.8 Å². The number of aromatic nitrogens is 1. The van der Waals surface area contributed by atoms with Gasteiger partial charge in [0.1, 0.15) is 10.7 Å². The largest absolute Gasteiger partial charge is 0.369 e. The Morgan fingerprint density at radius 2 is 1.90 bits per heavy atom. The number of sulfone groups is 1. The number of rotatable bonds is 8. The van der Waals surface area contributed by atoms with Gasteiger partial charge in [-0.05, 0) is 18.6 Å². The molecule has 1 heterocycles. The zero-order chi connectivity index (χ0) is 16.1. The minimum Gasteiger partial charge on any atom is -0.369 e. The van der Waals surface area contributed by atoms with E-state index >= 15 is 0 Å². The van der Waals surface area contributed by atoms with Crippen LogP contribution in [0.5, 0.6) is 0 Å². The molecule has 0 aromatic carbocycles. The maximum atomic E-state index is 11.6. The van der Waals surface area contributed by atoms with E-state index in [1.807, 2.05) is 0 Å². The first-order valence-electron chi connectivity index (χ1n) is 6.50. The van der Waals surface area contributed by atoms with Crippen molar-refractivity contribution in [1.82, 2.24) is 9.29 Å². The van der Waals surface area contributed by atoms with Gasteiger partial charge in [-0.3, -0.25) is 0 Å². The average Bonchev–Trinajstić information content (AvgIpc) is 2.36. The smallest absolute Gasteiger partial charge is 0.211 e. The van der Waals surface area contributed by atoms with E-state index in [-0.39, 0.29) is 4.90 Å². The lowest BCUT2D eigenvalue weighted by atomic mass is 10.4. The van der Waals surface area contributed by atoms with Gasteiger partial charge < -0.3 is 5.32 Å². The van der Waals surface area contributed by atoms with Crippen molar-refractivity contribution in [2.45, 2.75) is 18.2 Å². The van der Waals surface area contributed by atoms with E-state index in [4.69, 9.17) is 0 Å². The van der Waals surface area contributed by atoms with Crippen LogP contribution in [0.2, 0.25) is 0 Å². The normalized spacial score (nSPS) is 12.6. The third-order valence-electron chi connectivity index (χ3n) is 2.87. The van der Waals surface area contributed by atoms with Crippen LogP contribution in [0.4, 0.5) is 5.82 Å². The summed E-state index contributed by atoms with van der Waals surface area (Å²) in [7, 11) is -6.54. The lowest BCUT2D eigenvalue weighted by Crippen LogP contribution is -2.31. The summed E-state index contributed by atoms with van der Waals surface area (Å²) in [5, 5.41) is 2.94. The topological polar surface area (TPSA) is 96.4 Å². The standard InChI is InChI=1S/C12H21N3O4S2/c1-4-15(21(3,18)19)10-6-9-14-12-11(20(2,16)17)7-5-8-13-12/h5,7-8H,4,6,9-10H2,1-3H3,(H,13,14). The van der Waals surface area contributed by atoms with Crippen molar-refractivity contribution in [3.63, 3.8) is 0 Å². The molecule has 0 aliphatic rings. The van der Waals surface area contributed by atoms with Crippen molar-refractivity contribution in [1.29, 1.82) is 0 Å². The molecule has 0 spiro atoms. The highest BCUT2D eigenvalue weighted by atomic mass is 32.2. The third kappa shape index (κ3) is 5.60. The van der Waals surface area contributed by atoms with Crippen LogP contribution in [0.3, 0.4) is 0 Å². The molecule has 21 heavy (non-hydrogen) atoms. The minimum absolute atomic E-state index is 0.139. The third-order valence-corrected chi connectivity index (χ3v) is 5.38. The number of nitrogens with one attached hydrogen (secondary N) is 1. The second-order valence-electron chi connectivity index (χ2n) is 4.66. The molecule has 9 heteroatoms. The molecular weight excluding hydrogens is 314 g/mol. The molecule has 0 bridgehead atoms. The van der Waals surface area contributed by atoms with Crippen molar-refractivity contribution in [2.75, 3.05) is 37.5 Å². The molecule has 0 fully saturated rings. The highest BCUT2D eigenvalue weighted by molar-refractivity contribution is 7.90. The van der Waals surface area contributed by atoms with Crippen LogP contribution in [0.1, 0.15) is 13.3 Å². The van der Waals surface area contributed by atoms with Gasteiger partial charge >= 0.3 is 0 Å². The molecular formula is C12H21N3O4S2. The second kappa shape index (κ2) is 7.19. The SMILES string of the molecule is CCN(CCCNc1ncccc1S(C)(=O)=O)S(C)(=O)=O. The molecule has 1 N–H and O–H groups in total. The van der Waals surface area contributed by atoms with Gasteiger partial charge in [-0.15, -0.1) is 0 Å². The zero-order valence-electron chi connectivity index (χ0n) is 12.4. The summed E-state index contributed by atoms with van der Waals surface area (Å²) >= 11 is 0. The monoisotopic (exact) mass is 335 g/mol. The summed E-state index contributed by atoms with van der Waals surface area (Å²) in [5.74, 6) is 0.294. The highest BCUT2D eigenvalue weighted by Crippen LogP contribution is 2.17.